The Morgan fingerprint density at radius 3 is 2.40 bits per heavy atom. The molecule has 0 bridgehead atoms. The third-order valence-electron chi connectivity index (χ3n) is 4.07. The molecule has 1 heterocycles. The number of hydrogen-bond acceptors (Lipinski definition) is 5. The summed E-state index contributed by atoms with van der Waals surface area (Å²) in [4.78, 5) is 29.2. The Labute approximate surface area is 209 Å². The first-order valence-corrected chi connectivity index (χ1v) is 11.9. The van der Waals surface area contributed by atoms with Gasteiger partial charge in [0.15, 0.2) is 5.75 Å². The summed E-state index contributed by atoms with van der Waals surface area (Å²) in [6, 6.07) is 9.13. The minimum atomic E-state index is -0.389. The van der Waals surface area contributed by atoms with Crippen LogP contribution in [0.4, 0.5) is 0 Å². The molecular weight excluding hydrogens is 676 g/mol. The smallest absolute Gasteiger partial charge is 0.308 e. The number of nitrogens with zero attached hydrogens (tertiary/aromatic N) is 3. The fourth-order valence-electron chi connectivity index (χ4n) is 2.76. The third kappa shape index (κ3) is 5.10. The zero-order valence-corrected chi connectivity index (χ0v) is 22.6. The average Bonchev–Trinajstić information content (AvgIpc) is 2.63. The fraction of sp³-hybridized carbons (Fsp3) is 0.238. The van der Waals surface area contributed by atoms with E-state index in [0.717, 1.165) is 17.2 Å². The second-order valence-corrected chi connectivity index (χ2v) is 10.9. The van der Waals surface area contributed by atoms with Gasteiger partial charge in [0.2, 0.25) is 0 Å². The van der Waals surface area contributed by atoms with Gasteiger partial charge in [0.1, 0.15) is 5.82 Å². The summed E-state index contributed by atoms with van der Waals surface area (Å²) in [6.07, 6.45) is 1.62. The monoisotopic (exact) mass is 693 g/mol. The average molecular weight is 694 g/mol. The van der Waals surface area contributed by atoms with Crippen molar-refractivity contribution < 1.29 is 9.53 Å². The van der Waals surface area contributed by atoms with Crippen molar-refractivity contribution in [2.45, 2.75) is 33.1 Å². The lowest BCUT2D eigenvalue weighted by molar-refractivity contribution is -0.132. The maximum atomic E-state index is 13.2. The summed E-state index contributed by atoms with van der Waals surface area (Å²) in [5.74, 6) is 0.715. The number of aromatic nitrogens is 2. The molecule has 30 heavy (non-hydrogen) atoms. The highest BCUT2D eigenvalue weighted by molar-refractivity contribution is 14.1. The summed E-state index contributed by atoms with van der Waals surface area (Å²) in [5.41, 5.74) is 0.790. The van der Waals surface area contributed by atoms with Gasteiger partial charge < -0.3 is 4.74 Å². The topological polar surface area (TPSA) is 73.5 Å². The molecule has 0 amide bonds. The Morgan fingerprint density at radius 2 is 1.83 bits per heavy atom. The number of hydrogen-bond donors (Lipinski definition) is 0. The Balaban J connectivity index is 2.15. The van der Waals surface area contributed by atoms with Gasteiger partial charge in [0, 0.05) is 16.8 Å². The Kier molecular flexibility index (Phi) is 7.02. The minimum Gasteiger partial charge on any atom is -0.424 e. The van der Waals surface area contributed by atoms with Crippen molar-refractivity contribution in [3.63, 3.8) is 0 Å². The number of ether oxygens (including phenoxy) is 1. The normalized spacial score (nSPS) is 12.0. The van der Waals surface area contributed by atoms with Crippen LogP contribution in [0.25, 0.3) is 10.9 Å². The standard InChI is InChI=1S/C21H18BrI2N3O3/c1-11(28)30-18-15(23)7-12(8-16(18)24)10-25-27-19(29)14-9-13(22)5-6-17(14)26-20(27)21(2,3)4/h5-10H,1-4H3. The summed E-state index contributed by atoms with van der Waals surface area (Å²) in [6.45, 7) is 7.34. The van der Waals surface area contributed by atoms with E-state index in [9.17, 15) is 9.59 Å². The molecule has 0 fully saturated rings. The van der Waals surface area contributed by atoms with E-state index in [-0.39, 0.29) is 16.9 Å². The molecule has 1 aromatic heterocycles. The summed E-state index contributed by atoms with van der Waals surface area (Å²) in [7, 11) is 0. The number of benzene rings is 2. The first kappa shape index (κ1) is 23.3. The van der Waals surface area contributed by atoms with E-state index in [1.54, 1.807) is 12.3 Å². The molecule has 0 aliphatic heterocycles. The number of halogens is 3. The van der Waals surface area contributed by atoms with E-state index in [4.69, 9.17) is 9.72 Å². The Bertz CT molecular complexity index is 1220. The van der Waals surface area contributed by atoms with E-state index in [2.05, 4.69) is 66.2 Å². The molecule has 156 valence electrons. The van der Waals surface area contributed by atoms with Crippen molar-refractivity contribution in [3.05, 3.63) is 63.7 Å². The SMILES string of the molecule is CC(=O)Oc1c(I)cc(C=Nn2c(C(C)(C)C)nc3ccc(Br)cc3c2=O)cc1I. The van der Waals surface area contributed by atoms with E-state index in [1.807, 2.05) is 45.0 Å². The largest absolute Gasteiger partial charge is 0.424 e. The molecule has 0 saturated heterocycles. The molecule has 0 saturated carbocycles. The lowest BCUT2D eigenvalue weighted by Gasteiger charge is -2.20. The van der Waals surface area contributed by atoms with Crippen LogP contribution in [-0.2, 0) is 10.2 Å². The molecule has 0 unspecified atom stereocenters. The summed E-state index contributed by atoms with van der Waals surface area (Å²) >= 11 is 7.63. The number of rotatable bonds is 3. The van der Waals surface area contributed by atoms with Crippen LogP contribution in [0.1, 0.15) is 39.1 Å². The van der Waals surface area contributed by atoms with Gasteiger partial charge in [-0.15, -0.1) is 0 Å². The fourth-order valence-corrected chi connectivity index (χ4v) is 5.16. The van der Waals surface area contributed by atoms with Gasteiger partial charge in [-0.3, -0.25) is 9.59 Å². The lowest BCUT2D eigenvalue weighted by Crippen LogP contribution is -2.29. The highest BCUT2D eigenvalue weighted by Crippen LogP contribution is 2.29. The quantitative estimate of drug-likeness (QED) is 0.158. The van der Waals surface area contributed by atoms with Gasteiger partial charge in [-0.1, -0.05) is 36.7 Å². The van der Waals surface area contributed by atoms with Gasteiger partial charge in [0.05, 0.1) is 24.3 Å². The molecule has 0 atom stereocenters. The molecule has 0 spiro atoms. The van der Waals surface area contributed by atoms with Crippen LogP contribution in [0.15, 0.2) is 44.7 Å². The van der Waals surface area contributed by atoms with Crippen molar-refractivity contribution in [2.75, 3.05) is 0 Å². The minimum absolute atomic E-state index is 0.233. The second-order valence-electron chi connectivity index (χ2n) is 7.62. The number of esters is 1. The first-order valence-electron chi connectivity index (χ1n) is 8.92. The van der Waals surface area contributed by atoms with Crippen LogP contribution in [0.3, 0.4) is 0 Å². The molecule has 3 aromatic rings. The van der Waals surface area contributed by atoms with Crippen molar-refractivity contribution in [1.29, 1.82) is 0 Å². The van der Waals surface area contributed by atoms with Gasteiger partial charge in [0.25, 0.3) is 5.56 Å². The molecule has 3 rings (SSSR count). The highest BCUT2D eigenvalue weighted by Gasteiger charge is 2.23. The number of fused-ring (bicyclic) bond motifs is 1. The Hall–Kier alpha value is -1.34. The zero-order chi connectivity index (χ0) is 22.2. The molecule has 0 radical (unpaired) electrons. The van der Waals surface area contributed by atoms with Gasteiger partial charge in [-0.25, -0.2) is 4.98 Å². The van der Waals surface area contributed by atoms with Gasteiger partial charge >= 0.3 is 5.97 Å². The maximum Gasteiger partial charge on any atom is 0.308 e. The van der Waals surface area contributed by atoms with Crippen LogP contribution >= 0.6 is 61.1 Å². The molecule has 0 aliphatic carbocycles. The van der Waals surface area contributed by atoms with Gasteiger partial charge in [-0.2, -0.15) is 9.78 Å². The maximum absolute atomic E-state index is 13.2. The van der Waals surface area contributed by atoms with E-state index < -0.39 is 0 Å². The van der Waals surface area contributed by atoms with Crippen molar-refractivity contribution in [3.8, 4) is 5.75 Å². The van der Waals surface area contributed by atoms with Crippen LogP contribution in [0.2, 0.25) is 0 Å². The van der Waals surface area contributed by atoms with Crippen LogP contribution < -0.4 is 10.3 Å². The van der Waals surface area contributed by atoms with Crippen molar-refractivity contribution in [2.24, 2.45) is 5.10 Å². The molecule has 0 aliphatic rings. The number of carbonyl (C=O) groups is 1. The van der Waals surface area contributed by atoms with E-state index >= 15 is 0 Å². The third-order valence-corrected chi connectivity index (χ3v) is 6.16. The van der Waals surface area contributed by atoms with E-state index in [1.165, 1.54) is 11.6 Å². The highest BCUT2D eigenvalue weighted by atomic mass is 127. The first-order chi connectivity index (χ1) is 14.0. The van der Waals surface area contributed by atoms with Crippen LogP contribution in [0.5, 0.6) is 5.75 Å². The van der Waals surface area contributed by atoms with Gasteiger partial charge in [-0.05, 0) is 81.1 Å². The predicted molar refractivity (Wildman–Crippen MR) is 139 cm³/mol. The van der Waals surface area contributed by atoms with Crippen molar-refractivity contribution >= 4 is 84.2 Å². The molecule has 9 heteroatoms. The van der Waals surface area contributed by atoms with Crippen molar-refractivity contribution in [1.82, 2.24) is 9.66 Å². The Morgan fingerprint density at radius 1 is 1.20 bits per heavy atom. The van der Waals surface area contributed by atoms with Crippen LogP contribution in [-0.4, -0.2) is 21.8 Å². The summed E-state index contributed by atoms with van der Waals surface area (Å²) in [5, 5.41) is 4.97. The zero-order valence-electron chi connectivity index (χ0n) is 16.7. The molecule has 6 nitrogen and oxygen atoms in total. The molecule has 2 aromatic carbocycles. The molecular formula is C21H18BrI2N3O3. The lowest BCUT2D eigenvalue weighted by atomic mass is 9.95. The van der Waals surface area contributed by atoms with Crippen LogP contribution in [0, 0.1) is 7.14 Å². The predicted octanol–water partition coefficient (Wildman–Crippen LogP) is 5.47. The molecule has 0 N–H and O–H groups in total. The van der Waals surface area contributed by atoms with E-state index in [0.29, 0.717) is 22.5 Å². The summed E-state index contributed by atoms with van der Waals surface area (Å²) < 4.78 is 8.98. The number of carbonyl (C=O) groups excluding carboxylic acids is 1. The second kappa shape index (κ2) is 9.03.